The maximum Gasteiger partial charge on any atom is 0.166 e. The van der Waals surface area contributed by atoms with Gasteiger partial charge >= 0.3 is 0 Å². The second-order valence-electron chi connectivity index (χ2n) is 10.6. The molecule has 0 radical (unpaired) electrons. The number of hydrogen-bond acceptors (Lipinski definition) is 4. The van der Waals surface area contributed by atoms with Crippen molar-refractivity contribution in [2.24, 2.45) is 40.4 Å². The first kappa shape index (κ1) is 17.2. The highest BCUT2D eigenvalue weighted by atomic mass is 16.5. The number of ether oxygens (including phenoxy) is 1. The van der Waals surface area contributed by atoms with E-state index in [0.29, 0.717) is 18.3 Å². The zero-order chi connectivity index (χ0) is 18.5. The first-order valence-corrected chi connectivity index (χ1v) is 10.7. The van der Waals surface area contributed by atoms with E-state index in [0.717, 1.165) is 38.5 Å². The summed E-state index contributed by atoms with van der Waals surface area (Å²) in [6.45, 7) is 6.30. The van der Waals surface area contributed by atoms with E-state index in [9.17, 15) is 14.7 Å². The number of rotatable bonds is 2. The van der Waals surface area contributed by atoms with Crippen molar-refractivity contribution in [1.82, 2.24) is 0 Å². The molecule has 2 heterocycles. The smallest absolute Gasteiger partial charge is 0.166 e. The fourth-order valence-electron chi connectivity index (χ4n) is 8.64. The molecule has 6 fully saturated rings. The molecule has 26 heavy (non-hydrogen) atoms. The summed E-state index contributed by atoms with van der Waals surface area (Å²) in [6, 6.07) is 0. The van der Waals surface area contributed by atoms with Gasteiger partial charge in [-0.25, -0.2) is 0 Å². The van der Waals surface area contributed by atoms with Gasteiger partial charge in [0.1, 0.15) is 5.60 Å². The first-order chi connectivity index (χ1) is 12.2. The van der Waals surface area contributed by atoms with Crippen LogP contribution in [0.15, 0.2) is 0 Å². The molecule has 0 N–H and O–H groups in total. The Kier molecular flexibility index (Phi) is 3.39. The molecule has 4 heteroatoms. The molecule has 9 atom stereocenters. The number of ketones is 1. The van der Waals surface area contributed by atoms with E-state index in [-0.39, 0.29) is 34.6 Å². The number of carboxylic acids is 1. The van der Waals surface area contributed by atoms with Crippen molar-refractivity contribution in [3.05, 3.63) is 0 Å². The van der Waals surface area contributed by atoms with Crippen molar-refractivity contribution in [1.29, 1.82) is 0 Å². The molecule has 0 aromatic rings. The summed E-state index contributed by atoms with van der Waals surface area (Å²) in [6.07, 6.45) is 8.32. The maximum absolute atomic E-state index is 13.8. The summed E-state index contributed by atoms with van der Waals surface area (Å²) in [5.74, 6) is 0.191. The van der Waals surface area contributed by atoms with E-state index in [2.05, 4.69) is 13.8 Å². The molecule has 4 nitrogen and oxygen atoms in total. The molecule has 0 unspecified atom stereocenters. The van der Waals surface area contributed by atoms with Gasteiger partial charge in [0, 0.05) is 17.8 Å². The minimum absolute atomic E-state index is 0.0128. The second kappa shape index (κ2) is 5.12. The highest BCUT2D eigenvalue weighted by Gasteiger charge is 2.74. The number of carbonyl (C=O) groups is 2. The molecule has 6 rings (SSSR count). The van der Waals surface area contributed by atoms with E-state index in [1.165, 1.54) is 6.42 Å². The van der Waals surface area contributed by atoms with Crippen molar-refractivity contribution in [2.75, 3.05) is 0 Å². The lowest BCUT2D eigenvalue weighted by atomic mass is 9.40. The van der Waals surface area contributed by atoms with Gasteiger partial charge in [-0.1, -0.05) is 20.8 Å². The predicted molar refractivity (Wildman–Crippen MR) is 93.9 cm³/mol. The van der Waals surface area contributed by atoms with Crippen LogP contribution in [0.3, 0.4) is 0 Å². The molecule has 4 aliphatic carbocycles. The Morgan fingerprint density at radius 1 is 1.15 bits per heavy atom. The summed E-state index contributed by atoms with van der Waals surface area (Å²) in [4.78, 5) is 25.3. The number of aliphatic carboxylic acids is 1. The molecule has 0 aromatic carbocycles. The summed E-state index contributed by atoms with van der Waals surface area (Å²) in [5, 5.41) is 11.6. The Bertz CT molecular complexity index is 673. The van der Waals surface area contributed by atoms with Crippen LogP contribution in [0, 0.1) is 40.4 Å². The van der Waals surface area contributed by atoms with Crippen molar-refractivity contribution < 1.29 is 19.4 Å². The van der Waals surface area contributed by atoms with Gasteiger partial charge in [-0.3, -0.25) is 4.79 Å². The quantitative estimate of drug-likeness (QED) is 0.760. The summed E-state index contributed by atoms with van der Waals surface area (Å²) in [7, 11) is 0. The summed E-state index contributed by atoms with van der Waals surface area (Å²) >= 11 is 0. The third kappa shape index (κ3) is 1.76. The van der Waals surface area contributed by atoms with Gasteiger partial charge in [-0.15, -0.1) is 0 Å². The van der Waals surface area contributed by atoms with Crippen LogP contribution in [0.1, 0.15) is 72.1 Å². The topological polar surface area (TPSA) is 66.4 Å². The zero-order valence-corrected chi connectivity index (χ0v) is 16.3. The Morgan fingerprint density at radius 3 is 2.62 bits per heavy atom. The largest absolute Gasteiger partial charge is 0.550 e. The van der Waals surface area contributed by atoms with E-state index in [1.807, 2.05) is 0 Å². The summed E-state index contributed by atoms with van der Waals surface area (Å²) in [5.41, 5.74) is -0.808. The lowest BCUT2D eigenvalue weighted by molar-refractivity contribution is -0.317. The van der Waals surface area contributed by atoms with Crippen molar-refractivity contribution in [2.45, 2.75) is 83.8 Å². The summed E-state index contributed by atoms with van der Waals surface area (Å²) < 4.78 is 6.68. The van der Waals surface area contributed by atoms with Gasteiger partial charge in [0.2, 0.25) is 0 Å². The number of hydrogen-bond donors (Lipinski definition) is 0. The first-order valence-electron chi connectivity index (χ1n) is 10.7. The molecule has 0 amide bonds. The standard InChI is InChI=1S/C22H32O4/c1-12(19(24)25)15-6-7-16-17-5-4-13-10-14-8-9-21(13,3)22(17,26-14)18(23)11-20(15,16)2/h12-17H,4-11H2,1-3H3,(H,24,25)/p-1/t12-,13-,14-,15-,16+,17-,20-,21+,22+/m1/s1. The molecular weight excluding hydrogens is 328 g/mol. The van der Waals surface area contributed by atoms with Gasteiger partial charge < -0.3 is 14.6 Å². The van der Waals surface area contributed by atoms with Crippen LogP contribution >= 0.6 is 0 Å². The highest BCUT2D eigenvalue weighted by Crippen LogP contribution is 2.72. The normalized spacial score (nSPS) is 56.0. The molecule has 6 aliphatic rings. The third-order valence-electron chi connectivity index (χ3n) is 9.88. The second-order valence-corrected chi connectivity index (χ2v) is 10.6. The molecular formula is C22H31O4-. The van der Waals surface area contributed by atoms with Gasteiger partial charge in [0.15, 0.2) is 5.78 Å². The van der Waals surface area contributed by atoms with Crippen LogP contribution < -0.4 is 5.11 Å². The van der Waals surface area contributed by atoms with E-state index < -0.39 is 17.5 Å². The molecule has 4 saturated carbocycles. The average molecular weight is 359 g/mol. The van der Waals surface area contributed by atoms with Gasteiger partial charge in [-0.2, -0.15) is 0 Å². The van der Waals surface area contributed by atoms with Crippen LogP contribution in [-0.4, -0.2) is 23.5 Å². The van der Waals surface area contributed by atoms with Gasteiger partial charge in [0.25, 0.3) is 0 Å². The van der Waals surface area contributed by atoms with Crippen LogP contribution in [0.4, 0.5) is 0 Å². The van der Waals surface area contributed by atoms with Crippen LogP contribution in [0.2, 0.25) is 0 Å². The predicted octanol–water partition coefficient (Wildman–Crippen LogP) is 2.73. The number of carbonyl (C=O) groups excluding carboxylic acids is 2. The number of carboxylic acid groups (broad SMARTS) is 1. The van der Waals surface area contributed by atoms with Gasteiger partial charge in [-0.05, 0) is 80.0 Å². The Morgan fingerprint density at radius 2 is 1.88 bits per heavy atom. The van der Waals surface area contributed by atoms with Crippen LogP contribution in [0.25, 0.3) is 0 Å². The average Bonchev–Trinajstić information content (AvgIpc) is 2.90. The van der Waals surface area contributed by atoms with Gasteiger partial charge in [0.05, 0.1) is 6.10 Å². The molecule has 2 aliphatic heterocycles. The van der Waals surface area contributed by atoms with E-state index in [4.69, 9.17) is 4.74 Å². The lowest BCUT2D eigenvalue weighted by Crippen LogP contribution is -2.75. The molecule has 1 spiro atoms. The number of Topliss-reactive ketones (excluding diaryl/α,β-unsaturated/α-hetero) is 1. The van der Waals surface area contributed by atoms with Crippen molar-refractivity contribution in [3.63, 3.8) is 0 Å². The molecule has 2 saturated heterocycles. The molecule has 144 valence electrons. The monoisotopic (exact) mass is 359 g/mol. The van der Waals surface area contributed by atoms with Crippen molar-refractivity contribution >= 4 is 11.8 Å². The van der Waals surface area contributed by atoms with E-state index >= 15 is 0 Å². The highest BCUT2D eigenvalue weighted by molar-refractivity contribution is 5.91. The van der Waals surface area contributed by atoms with Crippen LogP contribution in [0.5, 0.6) is 0 Å². The number of fused-ring (bicyclic) bond motifs is 3. The molecule has 4 bridgehead atoms. The van der Waals surface area contributed by atoms with Crippen LogP contribution in [-0.2, 0) is 14.3 Å². The van der Waals surface area contributed by atoms with E-state index in [1.54, 1.807) is 6.92 Å². The third-order valence-corrected chi connectivity index (χ3v) is 9.88. The Labute approximate surface area is 156 Å². The minimum Gasteiger partial charge on any atom is -0.550 e. The molecule has 0 aromatic heterocycles. The SMILES string of the molecule is C[C@@H](C(=O)[O-])[C@H]1CC[C@H]2[C@H]3CC[C@@H]4C[C@H]5CC[C@]4(C)[C@@]3(O5)C(=O)C[C@]12C. The Balaban J connectivity index is 1.58. The fraction of sp³-hybridized carbons (Fsp3) is 0.909. The zero-order valence-electron chi connectivity index (χ0n) is 16.3. The Hall–Kier alpha value is -0.900. The van der Waals surface area contributed by atoms with Crippen molar-refractivity contribution in [3.8, 4) is 0 Å². The lowest BCUT2D eigenvalue weighted by Gasteiger charge is -2.70. The fourth-order valence-corrected chi connectivity index (χ4v) is 8.64. The minimum atomic E-state index is -0.965. The maximum atomic E-state index is 13.8.